The van der Waals surface area contributed by atoms with Crippen molar-refractivity contribution in [2.45, 2.75) is 26.4 Å². The van der Waals surface area contributed by atoms with Gasteiger partial charge in [-0.2, -0.15) is 0 Å². The molecule has 4 nitrogen and oxygen atoms in total. The van der Waals surface area contributed by atoms with Crippen molar-refractivity contribution in [3.8, 4) is 0 Å². The summed E-state index contributed by atoms with van der Waals surface area (Å²) in [6.07, 6.45) is 0. The maximum absolute atomic E-state index is 10.8. The Morgan fingerprint density at radius 1 is 1.20 bits per heavy atom. The molecule has 0 bridgehead atoms. The molecule has 0 heterocycles. The predicted molar refractivity (Wildman–Crippen MR) is 79.5 cm³/mol. The van der Waals surface area contributed by atoms with Gasteiger partial charge in [0.15, 0.2) is 0 Å². The Bertz CT molecular complexity index is 611. The smallest absolute Gasteiger partial charge is 0.269 e. The van der Waals surface area contributed by atoms with Crippen LogP contribution < -0.4 is 5.32 Å². The summed E-state index contributed by atoms with van der Waals surface area (Å²) in [5.74, 6) is 0. The van der Waals surface area contributed by atoms with E-state index >= 15 is 0 Å². The Balaban J connectivity index is 2.05. The van der Waals surface area contributed by atoms with Gasteiger partial charge in [0.2, 0.25) is 0 Å². The van der Waals surface area contributed by atoms with E-state index < -0.39 is 0 Å². The normalized spacial score (nSPS) is 12.1. The monoisotopic (exact) mass is 270 g/mol. The average molecular weight is 270 g/mol. The lowest BCUT2D eigenvalue weighted by Crippen LogP contribution is -2.18. The number of hydrogen-bond donors (Lipinski definition) is 1. The minimum atomic E-state index is -0.364. The summed E-state index contributed by atoms with van der Waals surface area (Å²) < 4.78 is 0. The zero-order valence-corrected chi connectivity index (χ0v) is 11.7. The fourth-order valence-electron chi connectivity index (χ4n) is 2.10. The van der Waals surface area contributed by atoms with Crippen molar-refractivity contribution in [1.29, 1.82) is 0 Å². The maximum atomic E-state index is 10.8. The Hall–Kier alpha value is -2.20. The van der Waals surface area contributed by atoms with Crippen LogP contribution in [0.1, 0.15) is 29.7 Å². The van der Waals surface area contributed by atoms with Crippen LogP contribution in [0.25, 0.3) is 0 Å². The highest BCUT2D eigenvalue weighted by molar-refractivity contribution is 5.35. The molecule has 0 fully saturated rings. The highest BCUT2D eigenvalue weighted by Gasteiger charge is 2.10. The second-order valence-corrected chi connectivity index (χ2v) is 4.88. The maximum Gasteiger partial charge on any atom is 0.269 e. The van der Waals surface area contributed by atoms with Crippen molar-refractivity contribution < 1.29 is 4.92 Å². The second kappa shape index (κ2) is 6.30. The van der Waals surface area contributed by atoms with E-state index in [0.717, 1.165) is 12.1 Å². The summed E-state index contributed by atoms with van der Waals surface area (Å²) in [5, 5.41) is 14.2. The third-order valence-corrected chi connectivity index (χ3v) is 3.44. The van der Waals surface area contributed by atoms with E-state index in [9.17, 15) is 10.1 Å². The highest BCUT2D eigenvalue weighted by Crippen LogP contribution is 2.19. The van der Waals surface area contributed by atoms with Gasteiger partial charge in [-0.25, -0.2) is 0 Å². The number of rotatable bonds is 5. The summed E-state index contributed by atoms with van der Waals surface area (Å²) in [7, 11) is 0. The Kier molecular flexibility index (Phi) is 4.48. The molecule has 0 radical (unpaired) electrons. The quantitative estimate of drug-likeness (QED) is 0.665. The topological polar surface area (TPSA) is 55.2 Å². The van der Waals surface area contributed by atoms with E-state index in [4.69, 9.17) is 0 Å². The van der Waals surface area contributed by atoms with Crippen molar-refractivity contribution in [1.82, 2.24) is 5.32 Å². The van der Waals surface area contributed by atoms with Gasteiger partial charge in [-0.15, -0.1) is 0 Å². The standard InChI is InChI=1S/C16H18N2O2/c1-12-6-3-4-7-15(12)11-17-13(2)14-8-5-9-16(10-14)18(19)20/h3-10,13,17H,11H2,1-2H3. The first kappa shape index (κ1) is 14.2. The molecule has 2 aromatic carbocycles. The molecular weight excluding hydrogens is 252 g/mol. The lowest BCUT2D eigenvalue weighted by atomic mass is 10.1. The zero-order chi connectivity index (χ0) is 14.5. The Labute approximate surface area is 118 Å². The molecule has 0 aliphatic carbocycles. The van der Waals surface area contributed by atoms with E-state index in [0.29, 0.717) is 0 Å². The number of nitro benzene ring substituents is 1. The molecule has 0 saturated carbocycles. The van der Waals surface area contributed by atoms with Crippen LogP contribution in [0.15, 0.2) is 48.5 Å². The molecule has 0 aliphatic heterocycles. The van der Waals surface area contributed by atoms with E-state index in [-0.39, 0.29) is 16.7 Å². The number of nitro groups is 1. The first-order chi connectivity index (χ1) is 9.58. The first-order valence-corrected chi connectivity index (χ1v) is 6.60. The summed E-state index contributed by atoms with van der Waals surface area (Å²) in [6, 6.07) is 15.0. The van der Waals surface area contributed by atoms with Gasteiger partial charge in [0.25, 0.3) is 5.69 Å². The van der Waals surface area contributed by atoms with Crippen LogP contribution in [0.3, 0.4) is 0 Å². The number of nitrogens with zero attached hydrogens (tertiary/aromatic N) is 1. The molecule has 0 saturated heterocycles. The van der Waals surface area contributed by atoms with Crippen molar-refractivity contribution in [3.63, 3.8) is 0 Å². The molecular formula is C16H18N2O2. The highest BCUT2D eigenvalue weighted by atomic mass is 16.6. The van der Waals surface area contributed by atoms with Crippen LogP contribution in [0.4, 0.5) is 5.69 Å². The third kappa shape index (κ3) is 3.42. The van der Waals surface area contributed by atoms with Gasteiger partial charge in [-0.1, -0.05) is 36.4 Å². The fourth-order valence-corrected chi connectivity index (χ4v) is 2.10. The molecule has 0 amide bonds. The van der Waals surface area contributed by atoms with E-state index in [1.807, 2.05) is 25.1 Å². The minimum Gasteiger partial charge on any atom is -0.306 e. The molecule has 0 aliphatic rings. The Morgan fingerprint density at radius 2 is 1.95 bits per heavy atom. The lowest BCUT2D eigenvalue weighted by Gasteiger charge is -2.15. The minimum absolute atomic E-state index is 0.0644. The SMILES string of the molecule is Cc1ccccc1CNC(C)c1cccc([N+](=O)[O-])c1. The molecule has 1 atom stereocenters. The molecule has 1 N–H and O–H groups in total. The molecule has 0 spiro atoms. The molecule has 2 aromatic rings. The van der Waals surface area contributed by atoms with Crippen molar-refractivity contribution in [3.05, 3.63) is 75.3 Å². The number of non-ortho nitro benzene ring substituents is 1. The summed E-state index contributed by atoms with van der Waals surface area (Å²) in [4.78, 5) is 10.4. The summed E-state index contributed by atoms with van der Waals surface area (Å²) in [5.41, 5.74) is 3.54. The third-order valence-electron chi connectivity index (χ3n) is 3.44. The van der Waals surface area contributed by atoms with Gasteiger partial charge in [0.05, 0.1) is 4.92 Å². The van der Waals surface area contributed by atoms with Gasteiger partial charge in [0, 0.05) is 24.7 Å². The van der Waals surface area contributed by atoms with E-state index in [1.54, 1.807) is 12.1 Å². The fraction of sp³-hybridized carbons (Fsp3) is 0.250. The zero-order valence-electron chi connectivity index (χ0n) is 11.7. The molecule has 1 unspecified atom stereocenters. The number of hydrogen-bond acceptors (Lipinski definition) is 3. The van der Waals surface area contributed by atoms with Crippen molar-refractivity contribution >= 4 is 5.69 Å². The number of nitrogens with one attached hydrogen (secondary N) is 1. The lowest BCUT2D eigenvalue weighted by molar-refractivity contribution is -0.384. The summed E-state index contributed by atoms with van der Waals surface area (Å²) >= 11 is 0. The molecule has 0 aromatic heterocycles. The van der Waals surface area contributed by atoms with Crippen LogP contribution in [0.5, 0.6) is 0 Å². The van der Waals surface area contributed by atoms with Gasteiger partial charge in [-0.05, 0) is 30.5 Å². The van der Waals surface area contributed by atoms with Crippen LogP contribution in [-0.2, 0) is 6.54 Å². The predicted octanol–water partition coefficient (Wildman–Crippen LogP) is 3.75. The number of aryl methyl sites for hydroxylation is 1. The molecule has 20 heavy (non-hydrogen) atoms. The summed E-state index contributed by atoms with van der Waals surface area (Å²) in [6.45, 7) is 4.84. The molecule has 4 heteroatoms. The average Bonchev–Trinajstić information content (AvgIpc) is 2.46. The van der Waals surface area contributed by atoms with E-state index in [1.165, 1.54) is 17.2 Å². The van der Waals surface area contributed by atoms with Gasteiger partial charge in [0.1, 0.15) is 0 Å². The van der Waals surface area contributed by atoms with E-state index in [2.05, 4.69) is 24.4 Å². The van der Waals surface area contributed by atoms with Gasteiger partial charge < -0.3 is 5.32 Å². The van der Waals surface area contributed by atoms with Crippen molar-refractivity contribution in [2.75, 3.05) is 0 Å². The van der Waals surface area contributed by atoms with Gasteiger partial charge >= 0.3 is 0 Å². The largest absolute Gasteiger partial charge is 0.306 e. The van der Waals surface area contributed by atoms with Crippen LogP contribution >= 0.6 is 0 Å². The second-order valence-electron chi connectivity index (χ2n) is 4.88. The first-order valence-electron chi connectivity index (χ1n) is 6.60. The Morgan fingerprint density at radius 3 is 2.65 bits per heavy atom. The molecule has 104 valence electrons. The van der Waals surface area contributed by atoms with Crippen LogP contribution in [-0.4, -0.2) is 4.92 Å². The van der Waals surface area contributed by atoms with Crippen LogP contribution in [0, 0.1) is 17.0 Å². The van der Waals surface area contributed by atoms with Crippen LogP contribution in [0.2, 0.25) is 0 Å². The van der Waals surface area contributed by atoms with Crippen molar-refractivity contribution in [2.24, 2.45) is 0 Å². The van der Waals surface area contributed by atoms with Gasteiger partial charge in [-0.3, -0.25) is 10.1 Å². The number of benzene rings is 2. The molecule has 2 rings (SSSR count).